The highest BCUT2D eigenvalue weighted by Gasteiger charge is 2.49. The summed E-state index contributed by atoms with van der Waals surface area (Å²) < 4.78 is 28.3. The Morgan fingerprint density at radius 2 is 0.826 bits per heavy atom. The molecular formula is C43H44O2S. The van der Waals surface area contributed by atoms with Gasteiger partial charge in [-0.25, -0.2) is 8.42 Å². The maximum atomic E-state index is 14.1. The molecule has 46 heavy (non-hydrogen) atoms. The van der Waals surface area contributed by atoms with Gasteiger partial charge < -0.3 is 0 Å². The summed E-state index contributed by atoms with van der Waals surface area (Å²) in [6.07, 6.45) is 2.05. The number of hydrogen-bond acceptors (Lipinski definition) is 2. The third-order valence-electron chi connectivity index (χ3n) is 12.4. The van der Waals surface area contributed by atoms with Crippen LogP contribution in [0.3, 0.4) is 0 Å². The van der Waals surface area contributed by atoms with E-state index in [1.807, 2.05) is 24.3 Å². The Kier molecular flexibility index (Phi) is 6.53. The summed E-state index contributed by atoms with van der Waals surface area (Å²) in [6, 6.07) is 12.3. The average molecular weight is 625 g/mol. The molecule has 234 valence electrons. The summed E-state index contributed by atoms with van der Waals surface area (Å²) in [5.41, 5.74) is 22.9. The highest BCUT2D eigenvalue weighted by atomic mass is 32.2. The largest absolute Gasteiger partial charge is 0.219 e. The number of sulfone groups is 1. The van der Waals surface area contributed by atoms with Crippen molar-refractivity contribution >= 4 is 20.6 Å². The van der Waals surface area contributed by atoms with Gasteiger partial charge in [0.05, 0.1) is 10.3 Å². The predicted molar refractivity (Wildman–Crippen MR) is 194 cm³/mol. The second kappa shape index (κ2) is 9.78. The van der Waals surface area contributed by atoms with Crippen molar-refractivity contribution in [1.29, 1.82) is 0 Å². The average Bonchev–Trinajstić information content (AvgIpc) is 3.15. The zero-order valence-corrected chi connectivity index (χ0v) is 30.2. The Morgan fingerprint density at radius 1 is 0.457 bits per heavy atom. The quantitative estimate of drug-likeness (QED) is 0.172. The lowest BCUT2D eigenvalue weighted by molar-refractivity contribution is 0.597. The molecule has 2 aliphatic rings. The molecule has 0 amide bonds. The van der Waals surface area contributed by atoms with Crippen LogP contribution in [0.25, 0.3) is 33.0 Å². The highest BCUT2D eigenvalue weighted by molar-refractivity contribution is 7.94. The maximum absolute atomic E-state index is 14.1. The van der Waals surface area contributed by atoms with Crippen molar-refractivity contribution in [3.05, 3.63) is 131 Å². The van der Waals surface area contributed by atoms with Gasteiger partial charge in [0, 0.05) is 5.41 Å². The first-order valence-corrected chi connectivity index (χ1v) is 17.9. The molecule has 0 fully saturated rings. The van der Waals surface area contributed by atoms with Crippen LogP contribution in [0.5, 0.6) is 0 Å². The predicted octanol–water partition coefficient (Wildman–Crippen LogP) is 10.8. The second-order valence-corrected chi connectivity index (χ2v) is 15.9. The molecule has 0 saturated carbocycles. The molecule has 0 radical (unpaired) electrons. The Bertz CT molecular complexity index is 2280. The van der Waals surface area contributed by atoms with Crippen LogP contribution in [-0.2, 0) is 15.3 Å². The second-order valence-electron chi connectivity index (χ2n) is 14.1. The first-order valence-electron chi connectivity index (χ1n) is 16.4. The first-order chi connectivity index (χ1) is 21.6. The van der Waals surface area contributed by atoms with E-state index in [1.54, 1.807) is 0 Å². The lowest BCUT2D eigenvalue weighted by Gasteiger charge is -2.42. The Morgan fingerprint density at radius 3 is 1.26 bits per heavy atom. The van der Waals surface area contributed by atoms with Crippen LogP contribution in [-0.4, -0.2) is 8.42 Å². The van der Waals surface area contributed by atoms with E-state index in [4.69, 9.17) is 0 Å². The number of allylic oxidation sites excluding steroid dienone is 1. The molecule has 5 aromatic carbocycles. The summed E-state index contributed by atoms with van der Waals surface area (Å²) in [5.74, 6) is 0. The third kappa shape index (κ3) is 3.61. The number of rotatable bonds is 0. The standard InChI is InChI=1S/C43H44O2S/c1-21-22(2)28(8)38-37(27(21)7)39-29(9)23(3)25(5)31(11)41(39)43(42-32(12)26(6)24(4)30(10)40(38)42)17-18-46(44,45)36-20-34-16-14-13-15-33(34)19-35(36)43/h13-20H,1-12H3. The molecule has 0 unspecified atom stereocenters. The van der Waals surface area contributed by atoms with E-state index in [2.05, 4.69) is 101 Å². The van der Waals surface area contributed by atoms with Gasteiger partial charge in [0.25, 0.3) is 0 Å². The molecule has 1 heterocycles. The Balaban J connectivity index is 1.92. The fourth-order valence-electron chi connectivity index (χ4n) is 8.85. The number of benzene rings is 5. The molecule has 5 aromatic rings. The van der Waals surface area contributed by atoms with Gasteiger partial charge >= 0.3 is 0 Å². The highest BCUT2D eigenvalue weighted by Crippen LogP contribution is 2.61. The normalized spacial score (nSPS) is 15.4. The molecule has 0 bridgehead atoms. The molecule has 3 heteroatoms. The summed E-state index contributed by atoms with van der Waals surface area (Å²) in [7, 11) is -3.69. The summed E-state index contributed by atoms with van der Waals surface area (Å²) >= 11 is 0. The fraction of sp³-hybridized carbons (Fsp3) is 0.302. The topological polar surface area (TPSA) is 34.1 Å². The first kappa shape index (κ1) is 30.7. The van der Waals surface area contributed by atoms with Crippen molar-refractivity contribution in [2.45, 2.75) is 93.4 Å². The lowest BCUT2D eigenvalue weighted by Crippen LogP contribution is -2.35. The van der Waals surface area contributed by atoms with Crippen molar-refractivity contribution in [1.82, 2.24) is 0 Å². The number of fused-ring (bicyclic) bond motifs is 10. The van der Waals surface area contributed by atoms with Crippen molar-refractivity contribution < 1.29 is 8.42 Å². The molecular weight excluding hydrogens is 581 g/mol. The van der Waals surface area contributed by atoms with Gasteiger partial charge in [-0.05, 0) is 212 Å². The monoisotopic (exact) mass is 624 g/mol. The maximum Gasteiger partial charge on any atom is 0.199 e. The van der Waals surface area contributed by atoms with Crippen molar-refractivity contribution in [2.24, 2.45) is 0 Å². The van der Waals surface area contributed by atoms with Crippen LogP contribution in [0, 0.1) is 83.1 Å². The summed E-state index contributed by atoms with van der Waals surface area (Å²) in [5, 5.41) is 3.50. The SMILES string of the molecule is Cc1c(C)c(C)c2c(c1C)-c1c(C)c(C)c(C)c(C)c1C1(C=CS(=O)(=O)c3cc4ccccc4cc31)c1c(C)c(C)c(C)c(C)c1-2. The van der Waals surface area contributed by atoms with E-state index in [0.717, 1.165) is 16.3 Å². The molecule has 2 nitrogen and oxygen atoms in total. The zero-order valence-electron chi connectivity index (χ0n) is 29.3. The van der Waals surface area contributed by atoms with Gasteiger partial charge in [0.1, 0.15) is 0 Å². The van der Waals surface area contributed by atoms with Gasteiger partial charge in [-0.2, -0.15) is 0 Å². The fourth-order valence-corrected chi connectivity index (χ4v) is 10.2. The smallest absolute Gasteiger partial charge is 0.199 e. The minimum atomic E-state index is -3.69. The van der Waals surface area contributed by atoms with Gasteiger partial charge in [-0.15, -0.1) is 0 Å². The molecule has 7 rings (SSSR count). The van der Waals surface area contributed by atoms with E-state index >= 15 is 0 Å². The van der Waals surface area contributed by atoms with Gasteiger partial charge in [0.2, 0.25) is 0 Å². The van der Waals surface area contributed by atoms with E-state index in [0.29, 0.717) is 4.90 Å². The molecule has 0 aromatic heterocycles. The molecule has 0 N–H and O–H groups in total. The molecule has 1 spiro atoms. The van der Waals surface area contributed by atoms with Crippen LogP contribution in [0.15, 0.2) is 52.8 Å². The van der Waals surface area contributed by atoms with Gasteiger partial charge in [0.15, 0.2) is 9.84 Å². The molecule has 0 saturated heterocycles. The van der Waals surface area contributed by atoms with Crippen LogP contribution >= 0.6 is 0 Å². The zero-order chi connectivity index (χ0) is 33.4. The van der Waals surface area contributed by atoms with E-state index in [1.165, 1.54) is 106 Å². The van der Waals surface area contributed by atoms with Crippen LogP contribution < -0.4 is 0 Å². The van der Waals surface area contributed by atoms with Crippen LogP contribution in [0.4, 0.5) is 0 Å². The van der Waals surface area contributed by atoms with E-state index in [-0.39, 0.29) is 0 Å². The third-order valence-corrected chi connectivity index (χ3v) is 13.9. The van der Waals surface area contributed by atoms with E-state index in [9.17, 15) is 8.42 Å². The molecule has 1 aliphatic heterocycles. The molecule has 1 aliphatic carbocycles. The lowest BCUT2D eigenvalue weighted by atomic mass is 9.62. The van der Waals surface area contributed by atoms with Gasteiger partial charge in [-0.3, -0.25) is 0 Å². The minimum absolute atomic E-state index is 0.405. The van der Waals surface area contributed by atoms with Gasteiger partial charge in [-0.1, -0.05) is 30.3 Å². The molecule has 0 atom stereocenters. The minimum Gasteiger partial charge on any atom is -0.219 e. The van der Waals surface area contributed by atoms with Crippen molar-refractivity contribution in [3.63, 3.8) is 0 Å². The summed E-state index contributed by atoms with van der Waals surface area (Å²) in [6.45, 7) is 27.1. The van der Waals surface area contributed by atoms with Crippen LogP contribution in [0.2, 0.25) is 0 Å². The number of hydrogen-bond donors (Lipinski definition) is 0. The van der Waals surface area contributed by atoms with Crippen molar-refractivity contribution in [2.75, 3.05) is 0 Å². The summed E-state index contributed by atoms with van der Waals surface area (Å²) in [4.78, 5) is 0.405. The Labute approximate surface area is 275 Å². The van der Waals surface area contributed by atoms with Crippen molar-refractivity contribution in [3.8, 4) is 22.3 Å². The van der Waals surface area contributed by atoms with E-state index < -0.39 is 15.3 Å². The van der Waals surface area contributed by atoms with Crippen LogP contribution in [0.1, 0.15) is 83.5 Å². The Hall–Kier alpha value is -3.95.